The fourth-order valence-corrected chi connectivity index (χ4v) is 1.65. The van der Waals surface area contributed by atoms with Crippen LogP contribution < -0.4 is 29.0 Å². The molecule has 0 saturated heterocycles. The lowest BCUT2D eigenvalue weighted by Gasteiger charge is -1.94. The van der Waals surface area contributed by atoms with E-state index in [0.29, 0.717) is 0 Å². The molecule has 1 aliphatic rings. The van der Waals surface area contributed by atoms with Crippen LogP contribution in [0.5, 0.6) is 0 Å². The van der Waals surface area contributed by atoms with Crippen molar-refractivity contribution in [2.75, 3.05) is 0 Å². The van der Waals surface area contributed by atoms with Gasteiger partial charge in [0.2, 0.25) is 5.69 Å². The summed E-state index contributed by atoms with van der Waals surface area (Å²) >= 11 is 2.17. The molecule has 3 nitrogen and oxygen atoms in total. The maximum Gasteiger partial charge on any atom is 0.215 e. The van der Waals surface area contributed by atoms with Crippen molar-refractivity contribution in [3.63, 3.8) is 0 Å². The van der Waals surface area contributed by atoms with Gasteiger partial charge in [-0.15, -0.1) is 0 Å². The lowest BCUT2D eigenvalue weighted by molar-refractivity contribution is -0.381. The Bertz CT molecular complexity index is 457. The number of nitrogens with zero attached hydrogens (tertiary/aromatic N) is 2. The first-order valence-corrected chi connectivity index (χ1v) is 5.14. The first-order valence-electron chi connectivity index (χ1n) is 4.06. The van der Waals surface area contributed by atoms with E-state index in [4.69, 9.17) is 0 Å². The molecule has 0 spiro atoms. The highest BCUT2D eigenvalue weighted by molar-refractivity contribution is 14.1. The topological polar surface area (TPSA) is 38.9 Å². The van der Waals surface area contributed by atoms with Gasteiger partial charge in [-0.05, 0) is 28.7 Å². The molecule has 15 heavy (non-hydrogen) atoms. The Labute approximate surface area is 118 Å². The van der Waals surface area contributed by atoms with Gasteiger partial charge in [-0.3, -0.25) is 4.99 Å². The fourth-order valence-electron chi connectivity index (χ4n) is 1.09. The first-order chi connectivity index (χ1) is 6.88. The molecule has 1 aromatic rings. The van der Waals surface area contributed by atoms with Gasteiger partial charge in [0.05, 0.1) is 11.8 Å². The van der Waals surface area contributed by atoms with Crippen LogP contribution in [0.4, 0.5) is 0 Å². The Kier molecular flexibility index (Phi) is 5.13. The van der Waals surface area contributed by atoms with Crippen molar-refractivity contribution < 1.29 is 29.0 Å². The Hall–Kier alpha value is -0.530. The number of rotatable bonds is 1. The van der Waals surface area contributed by atoms with E-state index < -0.39 is 0 Å². The summed E-state index contributed by atoms with van der Waals surface area (Å²) in [5, 5.41) is 0. The fraction of sp³-hybridized carbons (Fsp3) is 0. The maximum absolute atomic E-state index is 4.10. The molecular formula is C10H7I2N3. The van der Waals surface area contributed by atoms with Crippen LogP contribution in [0.3, 0.4) is 0 Å². The number of nitrogens with one attached hydrogen (secondary N) is 1. The second-order valence-corrected chi connectivity index (χ2v) is 3.65. The predicted octanol–water partition coefficient (Wildman–Crippen LogP) is -1.12. The van der Waals surface area contributed by atoms with Gasteiger partial charge in [0.1, 0.15) is 3.70 Å². The summed E-state index contributed by atoms with van der Waals surface area (Å²) in [5.74, 6) is 2.72. The Morgan fingerprint density at radius 1 is 1.33 bits per heavy atom. The molecule has 1 aromatic heterocycles. The lowest BCUT2D eigenvalue weighted by Crippen LogP contribution is -3.00. The van der Waals surface area contributed by atoms with Crippen LogP contribution in [-0.2, 0) is 0 Å². The molecule has 2 rings (SSSR count). The van der Waals surface area contributed by atoms with Gasteiger partial charge in [-0.25, -0.2) is 4.98 Å². The minimum Gasteiger partial charge on any atom is -1.00 e. The van der Waals surface area contributed by atoms with Crippen LogP contribution in [0.1, 0.15) is 5.69 Å². The van der Waals surface area contributed by atoms with Gasteiger partial charge >= 0.3 is 0 Å². The number of pyridine rings is 1. The minimum atomic E-state index is 0. The van der Waals surface area contributed by atoms with Gasteiger partial charge in [-0.1, -0.05) is 0 Å². The van der Waals surface area contributed by atoms with Crippen LogP contribution in [-0.4, -0.2) is 12.1 Å². The van der Waals surface area contributed by atoms with E-state index in [1.807, 2.05) is 24.4 Å². The SMILES string of the molecule is IC1=C(c2cccc[nH+]2)C=NC=C=N1.[I-]. The summed E-state index contributed by atoms with van der Waals surface area (Å²) in [7, 11) is 0. The normalized spacial score (nSPS) is 13.7. The second kappa shape index (κ2) is 6.14. The number of H-pyrrole nitrogens is 1. The average molecular weight is 423 g/mol. The molecule has 1 N–H and O–H groups in total. The van der Waals surface area contributed by atoms with E-state index in [-0.39, 0.29) is 24.0 Å². The molecule has 0 aliphatic carbocycles. The molecule has 0 radical (unpaired) electrons. The highest BCUT2D eigenvalue weighted by Gasteiger charge is 2.10. The van der Waals surface area contributed by atoms with E-state index in [1.54, 1.807) is 12.4 Å². The Morgan fingerprint density at radius 2 is 2.20 bits per heavy atom. The number of halogens is 2. The quantitative estimate of drug-likeness (QED) is 0.406. The summed E-state index contributed by atoms with van der Waals surface area (Å²) in [4.78, 5) is 11.3. The van der Waals surface area contributed by atoms with Crippen LogP contribution >= 0.6 is 22.6 Å². The molecular weight excluding hydrogens is 416 g/mol. The molecule has 0 bridgehead atoms. The van der Waals surface area contributed by atoms with Crippen LogP contribution in [0, 0.1) is 0 Å². The molecule has 0 fully saturated rings. The summed E-state index contributed by atoms with van der Waals surface area (Å²) < 4.78 is 0.877. The molecule has 1 aliphatic heterocycles. The number of aromatic nitrogens is 1. The Morgan fingerprint density at radius 3 is 2.93 bits per heavy atom. The molecule has 0 unspecified atom stereocenters. The molecule has 0 amide bonds. The summed E-state index contributed by atoms with van der Waals surface area (Å²) in [6.07, 6.45) is 5.20. The third kappa shape index (κ3) is 3.22. The standard InChI is InChI=1S/C10H6IN3.HI/c11-10-8(7-12-5-6-14-10)9-3-1-2-4-13-9;/h1-5,7H;1H. The van der Waals surface area contributed by atoms with Crippen molar-refractivity contribution >= 4 is 40.2 Å². The van der Waals surface area contributed by atoms with Crippen LogP contribution in [0.25, 0.3) is 5.57 Å². The number of hydrogen-bond acceptors (Lipinski definition) is 2. The largest absolute Gasteiger partial charge is 1.00 e. The highest BCUT2D eigenvalue weighted by atomic mass is 127. The van der Waals surface area contributed by atoms with Gasteiger partial charge in [-0.2, -0.15) is 4.99 Å². The van der Waals surface area contributed by atoms with Crippen LogP contribution in [0.2, 0.25) is 0 Å². The smallest absolute Gasteiger partial charge is 0.215 e. The molecule has 0 aromatic carbocycles. The second-order valence-electron chi connectivity index (χ2n) is 2.63. The molecule has 2 heterocycles. The zero-order valence-corrected chi connectivity index (χ0v) is 11.9. The predicted molar refractivity (Wildman–Crippen MR) is 64.4 cm³/mol. The van der Waals surface area contributed by atoms with Crippen molar-refractivity contribution in [2.24, 2.45) is 9.98 Å². The number of hydrogen-bond donors (Lipinski definition) is 0. The summed E-state index contributed by atoms with van der Waals surface area (Å²) in [6, 6.07) is 5.89. The highest BCUT2D eigenvalue weighted by Crippen LogP contribution is 2.20. The van der Waals surface area contributed by atoms with Crippen LogP contribution in [0.15, 0.2) is 44.3 Å². The van der Waals surface area contributed by atoms with Crippen molar-refractivity contribution in [3.05, 3.63) is 40.0 Å². The van der Waals surface area contributed by atoms with Crippen molar-refractivity contribution in [2.45, 2.75) is 0 Å². The molecule has 0 saturated carbocycles. The number of aliphatic imine (C=N–C) groups is 2. The van der Waals surface area contributed by atoms with E-state index in [1.165, 1.54) is 0 Å². The zero-order valence-electron chi connectivity index (χ0n) is 7.61. The van der Waals surface area contributed by atoms with Crippen molar-refractivity contribution in [1.29, 1.82) is 0 Å². The van der Waals surface area contributed by atoms with E-state index in [2.05, 4.69) is 43.4 Å². The van der Waals surface area contributed by atoms with E-state index >= 15 is 0 Å². The number of allylic oxidation sites excluding steroid dienone is 1. The van der Waals surface area contributed by atoms with Gasteiger partial charge in [0.15, 0.2) is 6.20 Å². The zero-order chi connectivity index (χ0) is 9.80. The minimum absolute atomic E-state index is 0. The lowest BCUT2D eigenvalue weighted by atomic mass is 10.2. The van der Waals surface area contributed by atoms with Crippen molar-refractivity contribution in [3.8, 4) is 0 Å². The summed E-state index contributed by atoms with van der Waals surface area (Å²) in [6.45, 7) is 0. The third-order valence-electron chi connectivity index (χ3n) is 1.72. The summed E-state index contributed by atoms with van der Waals surface area (Å²) in [5.41, 5.74) is 1.98. The Balaban J connectivity index is 0.00000112. The van der Waals surface area contributed by atoms with Gasteiger partial charge < -0.3 is 24.0 Å². The van der Waals surface area contributed by atoms with Gasteiger partial charge in [0, 0.05) is 24.2 Å². The molecule has 5 heteroatoms. The van der Waals surface area contributed by atoms with E-state index in [9.17, 15) is 0 Å². The van der Waals surface area contributed by atoms with E-state index in [0.717, 1.165) is 15.0 Å². The third-order valence-corrected chi connectivity index (χ3v) is 2.54. The molecule has 76 valence electrons. The van der Waals surface area contributed by atoms with Crippen molar-refractivity contribution in [1.82, 2.24) is 0 Å². The maximum atomic E-state index is 4.10. The monoisotopic (exact) mass is 423 g/mol. The average Bonchev–Trinajstić information content (AvgIpc) is 2.44. The molecule has 0 atom stereocenters. The number of aromatic amines is 1. The first kappa shape index (κ1) is 12.5. The van der Waals surface area contributed by atoms with Gasteiger partial charge in [0.25, 0.3) is 0 Å².